The number of hydrogen-bond acceptors (Lipinski definition) is 3. The number of carbonyl (C=O) groups is 2. The lowest BCUT2D eigenvalue weighted by atomic mass is 9.82. The number of rotatable bonds is 2. The van der Waals surface area contributed by atoms with Crippen LogP contribution in [-0.4, -0.2) is 45.7 Å². The minimum absolute atomic E-state index is 0.0478. The van der Waals surface area contributed by atoms with Crippen LogP contribution in [0, 0.1) is 11.8 Å². The van der Waals surface area contributed by atoms with E-state index in [-0.39, 0.29) is 24.8 Å². The zero-order valence-corrected chi connectivity index (χ0v) is 10.7. The first-order chi connectivity index (χ1) is 8.49. The molecule has 1 heterocycles. The van der Waals surface area contributed by atoms with Gasteiger partial charge in [-0.15, -0.1) is 0 Å². The minimum atomic E-state index is -1.01. The molecule has 2 rings (SSSR count). The summed E-state index contributed by atoms with van der Waals surface area (Å²) in [5.41, 5.74) is 0. The van der Waals surface area contributed by atoms with Gasteiger partial charge >= 0.3 is 5.97 Å². The van der Waals surface area contributed by atoms with Crippen LogP contribution in [0.1, 0.15) is 39.0 Å². The predicted molar refractivity (Wildman–Crippen MR) is 64.9 cm³/mol. The molecule has 0 aromatic rings. The summed E-state index contributed by atoms with van der Waals surface area (Å²) in [4.78, 5) is 24.8. The highest BCUT2D eigenvalue weighted by Crippen LogP contribution is 2.31. The third-order valence-electron chi connectivity index (χ3n) is 4.21. The Morgan fingerprint density at radius 3 is 2.33 bits per heavy atom. The third-order valence-corrected chi connectivity index (χ3v) is 4.21. The van der Waals surface area contributed by atoms with Crippen LogP contribution >= 0.6 is 0 Å². The van der Waals surface area contributed by atoms with Gasteiger partial charge in [-0.3, -0.25) is 4.79 Å². The van der Waals surface area contributed by atoms with E-state index in [1.807, 2.05) is 0 Å². The molecule has 0 bridgehead atoms. The first kappa shape index (κ1) is 13.3. The monoisotopic (exact) mass is 255 g/mol. The van der Waals surface area contributed by atoms with E-state index in [2.05, 4.69) is 6.92 Å². The average Bonchev–Trinajstić information content (AvgIpc) is 2.71. The Kier molecular flexibility index (Phi) is 3.90. The van der Waals surface area contributed by atoms with Crippen LogP contribution in [0.4, 0.5) is 0 Å². The van der Waals surface area contributed by atoms with Gasteiger partial charge in [0.25, 0.3) is 0 Å². The lowest BCUT2D eigenvalue weighted by Crippen LogP contribution is -2.44. The summed E-state index contributed by atoms with van der Waals surface area (Å²) in [6.07, 6.45) is 3.22. The van der Waals surface area contributed by atoms with E-state index in [0.29, 0.717) is 5.92 Å². The average molecular weight is 255 g/mol. The van der Waals surface area contributed by atoms with Crippen molar-refractivity contribution < 1.29 is 19.8 Å². The van der Waals surface area contributed by atoms with Crippen LogP contribution in [-0.2, 0) is 9.59 Å². The van der Waals surface area contributed by atoms with Crippen molar-refractivity contribution in [2.24, 2.45) is 11.8 Å². The SMILES string of the molecule is CC1CCC(C(=O)N2C[C@H](O)C[C@H]2C(=O)O)CC1. The van der Waals surface area contributed by atoms with E-state index in [1.165, 1.54) is 4.90 Å². The lowest BCUT2D eigenvalue weighted by molar-refractivity contribution is -0.150. The molecule has 5 heteroatoms. The quantitative estimate of drug-likeness (QED) is 0.767. The molecule has 1 aliphatic heterocycles. The summed E-state index contributed by atoms with van der Waals surface area (Å²) >= 11 is 0. The van der Waals surface area contributed by atoms with Crippen molar-refractivity contribution in [3.8, 4) is 0 Å². The number of hydrogen-bond donors (Lipinski definition) is 2. The number of aliphatic hydroxyl groups is 1. The van der Waals surface area contributed by atoms with E-state index >= 15 is 0 Å². The number of nitrogens with zero attached hydrogens (tertiary/aromatic N) is 1. The second kappa shape index (κ2) is 5.26. The van der Waals surface area contributed by atoms with Gasteiger partial charge in [0, 0.05) is 18.9 Å². The normalized spacial score (nSPS) is 36.7. The van der Waals surface area contributed by atoms with Gasteiger partial charge in [-0.05, 0) is 31.6 Å². The van der Waals surface area contributed by atoms with Crippen molar-refractivity contribution >= 4 is 11.9 Å². The van der Waals surface area contributed by atoms with Gasteiger partial charge < -0.3 is 15.1 Å². The molecule has 102 valence electrons. The Balaban J connectivity index is 2.01. The maximum absolute atomic E-state index is 12.3. The molecule has 1 saturated carbocycles. The number of aliphatic hydroxyl groups excluding tert-OH is 1. The molecule has 5 nitrogen and oxygen atoms in total. The molecular formula is C13H21NO4. The van der Waals surface area contributed by atoms with Crippen molar-refractivity contribution in [2.45, 2.75) is 51.2 Å². The summed E-state index contributed by atoms with van der Waals surface area (Å²) in [5, 5.41) is 18.6. The molecule has 0 spiro atoms. The van der Waals surface area contributed by atoms with Crippen molar-refractivity contribution in [1.29, 1.82) is 0 Å². The number of carbonyl (C=O) groups excluding carboxylic acids is 1. The van der Waals surface area contributed by atoms with Gasteiger partial charge in [-0.25, -0.2) is 4.79 Å². The first-order valence-electron chi connectivity index (χ1n) is 6.70. The zero-order chi connectivity index (χ0) is 13.3. The van der Waals surface area contributed by atoms with Crippen LogP contribution in [0.5, 0.6) is 0 Å². The lowest BCUT2D eigenvalue weighted by Gasteiger charge is -2.30. The molecule has 2 N–H and O–H groups in total. The van der Waals surface area contributed by atoms with Gasteiger partial charge in [-0.1, -0.05) is 6.92 Å². The van der Waals surface area contributed by atoms with Crippen LogP contribution in [0.2, 0.25) is 0 Å². The van der Waals surface area contributed by atoms with Gasteiger partial charge in [-0.2, -0.15) is 0 Å². The molecule has 2 atom stereocenters. The Morgan fingerprint density at radius 2 is 1.78 bits per heavy atom. The Bertz CT molecular complexity index is 336. The van der Waals surface area contributed by atoms with E-state index < -0.39 is 18.1 Å². The Hall–Kier alpha value is -1.10. The minimum Gasteiger partial charge on any atom is -0.480 e. The number of carboxylic acids is 1. The molecular weight excluding hydrogens is 234 g/mol. The maximum Gasteiger partial charge on any atom is 0.326 e. The fourth-order valence-corrected chi connectivity index (χ4v) is 3.03. The largest absolute Gasteiger partial charge is 0.480 e. The molecule has 18 heavy (non-hydrogen) atoms. The number of β-amino-alcohol motifs (C(OH)–C–C–N with tert-alkyl or cyclic N) is 1. The van der Waals surface area contributed by atoms with Crippen molar-refractivity contribution in [2.75, 3.05) is 6.54 Å². The Labute approximate surface area is 107 Å². The maximum atomic E-state index is 12.3. The number of aliphatic carboxylic acids is 1. The first-order valence-corrected chi connectivity index (χ1v) is 6.70. The van der Waals surface area contributed by atoms with Crippen molar-refractivity contribution in [1.82, 2.24) is 4.90 Å². The molecule has 2 aliphatic rings. The number of likely N-dealkylation sites (tertiary alicyclic amines) is 1. The molecule has 0 radical (unpaired) electrons. The summed E-state index contributed by atoms with van der Waals surface area (Å²) in [6.45, 7) is 2.35. The molecule has 0 unspecified atom stereocenters. The molecule has 2 fully saturated rings. The van der Waals surface area contributed by atoms with Gasteiger partial charge in [0.1, 0.15) is 6.04 Å². The number of amides is 1. The number of carboxylic acid groups (broad SMARTS) is 1. The van der Waals surface area contributed by atoms with Gasteiger partial charge in [0.05, 0.1) is 6.10 Å². The van der Waals surface area contributed by atoms with E-state index in [0.717, 1.165) is 25.7 Å². The van der Waals surface area contributed by atoms with Crippen LogP contribution < -0.4 is 0 Å². The highest BCUT2D eigenvalue weighted by molar-refractivity contribution is 5.85. The standard InChI is InChI=1S/C13H21NO4/c1-8-2-4-9(5-3-8)12(16)14-7-10(15)6-11(14)13(17)18/h8-11,15H,2-7H2,1H3,(H,17,18)/t8?,9?,10-,11+/m1/s1. The summed E-state index contributed by atoms with van der Waals surface area (Å²) in [6, 6.07) is -0.841. The predicted octanol–water partition coefficient (Wildman–Crippen LogP) is 0.859. The van der Waals surface area contributed by atoms with E-state index in [4.69, 9.17) is 5.11 Å². The highest BCUT2D eigenvalue weighted by atomic mass is 16.4. The Morgan fingerprint density at radius 1 is 1.17 bits per heavy atom. The van der Waals surface area contributed by atoms with Crippen molar-refractivity contribution in [3.05, 3.63) is 0 Å². The fourth-order valence-electron chi connectivity index (χ4n) is 3.03. The summed E-state index contributed by atoms with van der Waals surface area (Å²) in [5.74, 6) is -0.475. The molecule has 0 aromatic carbocycles. The van der Waals surface area contributed by atoms with Crippen molar-refractivity contribution in [3.63, 3.8) is 0 Å². The highest BCUT2D eigenvalue weighted by Gasteiger charge is 2.41. The molecule has 1 aliphatic carbocycles. The smallest absolute Gasteiger partial charge is 0.326 e. The molecule has 0 aromatic heterocycles. The van der Waals surface area contributed by atoms with Crippen LogP contribution in [0.15, 0.2) is 0 Å². The van der Waals surface area contributed by atoms with Gasteiger partial charge in [0.15, 0.2) is 0 Å². The van der Waals surface area contributed by atoms with Crippen LogP contribution in [0.25, 0.3) is 0 Å². The van der Waals surface area contributed by atoms with E-state index in [1.54, 1.807) is 0 Å². The fraction of sp³-hybridized carbons (Fsp3) is 0.846. The third kappa shape index (κ3) is 2.66. The second-order valence-corrected chi connectivity index (χ2v) is 5.69. The summed E-state index contributed by atoms with van der Waals surface area (Å²) < 4.78 is 0. The second-order valence-electron chi connectivity index (χ2n) is 5.69. The van der Waals surface area contributed by atoms with Crippen LogP contribution in [0.3, 0.4) is 0 Å². The van der Waals surface area contributed by atoms with E-state index in [9.17, 15) is 14.7 Å². The topological polar surface area (TPSA) is 77.8 Å². The summed E-state index contributed by atoms with van der Waals surface area (Å²) in [7, 11) is 0. The van der Waals surface area contributed by atoms with Gasteiger partial charge in [0.2, 0.25) is 5.91 Å². The zero-order valence-electron chi connectivity index (χ0n) is 10.7. The molecule has 1 saturated heterocycles. The molecule has 1 amide bonds.